The molecule has 432 valence electrons. The van der Waals surface area contributed by atoms with Gasteiger partial charge >= 0.3 is 0 Å². The van der Waals surface area contributed by atoms with Crippen LogP contribution >= 0.6 is 34.8 Å². The molecular weight excluding hydrogens is 1090 g/mol. The zero-order valence-corrected chi connectivity index (χ0v) is 49.3. The fourth-order valence-electron chi connectivity index (χ4n) is 15.1. The molecule has 6 aromatic rings. The lowest BCUT2D eigenvalue weighted by Gasteiger charge is -2.57. The number of fused-ring (bicyclic) bond motifs is 3. The van der Waals surface area contributed by atoms with Crippen molar-refractivity contribution >= 4 is 91.7 Å². The number of amides is 1. The first-order valence-electron chi connectivity index (χ1n) is 29.4. The van der Waals surface area contributed by atoms with Crippen molar-refractivity contribution < 1.29 is 14.3 Å². The van der Waals surface area contributed by atoms with Crippen molar-refractivity contribution in [1.29, 1.82) is 0 Å². The van der Waals surface area contributed by atoms with Crippen LogP contribution in [-0.4, -0.2) is 113 Å². The smallest absolute Gasteiger partial charge is 0.271 e. The lowest BCUT2D eigenvalue weighted by molar-refractivity contribution is -0.130. The molecule has 0 radical (unpaired) electrons. The maximum atomic E-state index is 14.8. The van der Waals surface area contributed by atoms with Gasteiger partial charge in [-0.25, -0.2) is 15.0 Å². The Balaban J connectivity index is 0.885. The van der Waals surface area contributed by atoms with Crippen LogP contribution in [0.3, 0.4) is 0 Å². The molecule has 6 aliphatic rings. The molecule has 81 heavy (non-hydrogen) atoms. The van der Waals surface area contributed by atoms with Crippen molar-refractivity contribution in [2.75, 3.05) is 43.8 Å². The maximum Gasteiger partial charge on any atom is 0.271 e. The van der Waals surface area contributed by atoms with E-state index in [-0.39, 0.29) is 92.2 Å². The summed E-state index contributed by atoms with van der Waals surface area (Å²) in [4.78, 5) is 87.7. The predicted octanol–water partition coefficient (Wildman–Crippen LogP) is 10.6. The summed E-state index contributed by atoms with van der Waals surface area (Å²) >= 11 is 21.1. The fourth-order valence-corrected chi connectivity index (χ4v) is 15.9. The van der Waals surface area contributed by atoms with E-state index in [0.717, 1.165) is 115 Å². The first kappa shape index (κ1) is 56.0. The first-order chi connectivity index (χ1) is 39.1. The van der Waals surface area contributed by atoms with Crippen molar-refractivity contribution in [3.8, 4) is 0 Å². The normalized spacial score (nSPS) is 27.2. The highest BCUT2D eigenvalue weighted by Gasteiger charge is 2.53. The van der Waals surface area contributed by atoms with Crippen molar-refractivity contribution in [1.82, 2.24) is 48.5 Å². The van der Waals surface area contributed by atoms with Crippen LogP contribution in [0.5, 0.6) is 0 Å². The van der Waals surface area contributed by atoms with Gasteiger partial charge in [0.1, 0.15) is 32.0 Å². The van der Waals surface area contributed by atoms with Gasteiger partial charge in [-0.1, -0.05) is 47.6 Å². The van der Waals surface area contributed by atoms with E-state index in [1.165, 1.54) is 0 Å². The minimum absolute atomic E-state index is 0.0169. The molecule has 3 unspecified atom stereocenters. The third-order valence-electron chi connectivity index (χ3n) is 19.3. The number of aromatic nitrogens is 9. The van der Waals surface area contributed by atoms with E-state index in [9.17, 15) is 19.2 Å². The topological polar surface area (TPSA) is 218 Å². The Kier molecular flexibility index (Phi) is 15.9. The molecule has 0 bridgehead atoms. The molecule has 6 aliphatic carbocycles. The highest BCUT2D eigenvalue weighted by atomic mass is 35.5. The van der Waals surface area contributed by atoms with Crippen LogP contribution in [0.15, 0.2) is 38.9 Å². The minimum atomic E-state index is -0.551. The summed E-state index contributed by atoms with van der Waals surface area (Å²) in [5.74, 6) is 1.68. The quantitative estimate of drug-likeness (QED) is 0.0821. The Bertz CT molecular complexity index is 3560. The molecule has 0 aromatic carbocycles. The molecule has 6 heterocycles. The average molecular weight is 1170 g/mol. The number of carbonyl (C=O) groups is 1. The van der Waals surface area contributed by atoms with Crippen LogP contribution in [0, 0.1) is 11.3 Å². The summed E-state index contributed by atoms with van der Waals surface area (Å²) in [5, 5.41) is 12.9. The molecule has 22 heteroatoms. The Morgan fingerprint density at radius 3 is 2.00 bits per heavy atom. The molecule has 6 aromatic heterocycles. The summed E-state index contributed by atoms with van der Waals surface area (Å²) < 4.78 is 16.3. The van der Waals surface area contributed by atoms with E-state index in [1.807, 2.05) is 29.6 Å². The van der Waals surface area contributed by atoms with E-state index in [0.29, 0.717) is 82.0 Å². The van der Waals surface area contributed by atoms with Crippen LogP contribution in [0.25, 0.3) is 33.1 Å². The molecule has 3 atom stereocenters. The van der Waals surface area contributed by atoms with Gasteiger partial charge in [0.25, 0.3) is 16.7 Å². The van der Waals surface area contributed by atoms with Gasteiger partial charge in [0, 0.05) is 112 Å². The number of nitrogens with zero attached hydrogens (tertiary/aromatic N) is 10. The van der Waals surface area contributed by atoms with Gasteiger partial charge in [-0.2, -0.15) is 15.0 Å². The molecule has 12 rings (SSSR count). The molecular formula is C59H74Cl3N13O6. The lowest BCUT2D eigenvalue weighted by Crippen LogP contribution is -2.53. The highest BCUT2D eigenvalue weighted by molar-refractivity contribution is 6.32. The third-order valence-corrected chi connectivity index (χ3v) is 20.2. The number of pyridine rings is 3. The van der Waals surface area contributed by atoms with E-state index in [2.05, 4.69) is 20.9 Å². The Labute approximate surface area is 485 Å². The van der Waals surface area contributed by atoms with Crippen LogP contribution in [-0.2, 0) is 20.7 Å². The van der Waals surface area contributed by atoms with E-state index in [1.54, 1.807) is 48.6 Å². The Hall–Kier alpha value is -5.47. The highest BCUT2D eigenvalue weighted by Crippen LogP contribution is 2.59. The summed E-state index contributed by atoms with van der Waals surface area (Å²) in [6, 6.07) is 2.89. The molecule has 6 fully saturated rings. The number of halogens is 3. The number of anilines is 3. The average Bonchev–Trinajstić information content (AvgIpc) is 4.25. The van der Waals surface area contributed by atoms with Gasteiger partial charge in [-0.05, 0) is 151 Å². The SMILES string of the molecule is COCC1CC2(C1)CC(Nc1nc(CC(C)n3c(=O)c(Cl)cc4cnc(N[C@H]5CC[C@H](N(C)C(C)=O)CC5)nc43)c3cc(Cl)c(=O)n(C4CCC(c5c(Cl)c(=O)n(C6CCCC6)c6nc(NC7CCC(OC)CC7)ncc56)C4)c3n1)C2. The number of nitrogens with one attached hydrogen (secondary N) is 3. The fraction of sp³-hybridized carbons (Fsp3) is 0.627. The van der Waals surface area contributed by atoms with Crippen molar-refractivity contribution in [2.24, 2.45) is 11.3 Å². The third kappa shape index (κ3) is 10.9. The summed E-state index contributed by atoms with van der Waals surface area (Å²) in [6.45, 7) is 4.30. The molecule has 0 saturated heterocycles. The van der Waals surface area contributed by atoms with Crippen LogP contribution < -0.4 is 32.6 Å². The Morgan fingerprint density at radius 2 is 1.32 bits per heavy atom. The van der Waals surface area contributed by atoms with Gasteiger partial charge in [0.2, 0.25) is 23.8 Å². The zero-order chi connectivity index (χ0) is 56.4. The molecule has 1 amide bonds. The monoisotopic (exact) mass is 1170 g/mol. The first-order valence-corrected chi connectivity index (χ1v) is 30.6. The lowest BCUT2D eigenvalue weighted by atomic mass is 9.50. The maximum absolute atomic E-state index is 14.8. The second-order valence-corrected chi connectivity index (χ2v) is 25.8. The number of hydrogen-bond acceptors (Lipinski definition) is 15. The van der Waals surface area contributed by atoms with Crippen molar-refractivity contribution in [2.45, 2.75) is 197 Å². The van der Waals surface area contributed by atoms with Crippen LogP contribution in [0.1, 0.15) is 171 Å². The summed E-state index contributed by atoms with van der Waals surface area (Å²) in [5.41, 5.74) is 1.98. The molecule has 6 saturated carbocycles. The largest absolute Gasteiger partial charge is 0.384 e. The molecule has 19 nitrogen and oxygen atoms in total. The van der Waals surface area contributed by atoms with E-state index >= 15 is 0 Å². The summed E-state index contributed by atoms with van der Waals surface area (Å²) in [6.07, 6.45) is 20.8. The predicted molar refractivity (Wildman–Crippen MR) is 316 cm³/mol. The number of rotatable bonds is 16. The minimum Gasteiger partial charge on any atom is -0.384 e. The van der Waals surface area contributed by atoms with Crippen molar-refractivity contribution in [3.63, 3.8) is 0 Å². The van der Waals surface area contributed by atoms with Gasteiger partial charge < -0.3 is 30.3 Å². The van der Waals surface area contributed by atoms with Gasteiger partial charge in [0.05, 0.1) is 11.8 Å². The molecule has 0 aliphatic heterocycles. The molecule has 1 spiro atoms. The van der Waals surface area contributed by atoms with Gasteiger partial charge in [-0.15, -0.1) is 0 Å². The zero-order valence-electron chi connectivity index (χ0n) is 47.0. The summed E-state index contributed by atoms with van der Waals surface area (Å²) in [7, 11) is 5.38. The number of hydrogen-bond donors (Lipinski definition) is 3. The van der Waals surface area contributed by atoms with E-state index in [4.69, 9.17) is 69.2 Å². The molecule has 3 N–H and O–H groups in total. The van der Waals surface area contributed by atoms with Gasteiger partial charge in [-0.3, -0.25) is 32.9 Å². The Morgan fingerprint density at radius 1 is 0.704 bits per heavy atom. The second-order valence-electron chi connectivity index (χ2n) is 24.6. The van der Waals surface area contributed by atoms with Crippen molar-refractivity contribution in [3.05, 3.63) is 81.9 Å². The van der Waals surface area contributed by atoms with Crippen LogP contribution in [0.4, 0.5) is 17.8 Å². The number of methoxy groups -OCH3 is 2. The van der Waals surface area contributed by atoms with Gasteiger partial charge in [0.15, 0.2) is 0 Å². The number of carbonyl (C=O) groups excluding carboxylic acids is 1. The standard InChI is InChI=1S/C59H74Cl3N13O6/c1-31(73-50-35(22-45(60)53(73)77)28-63-56(69-50)65-36-11-16-39(17-12-36)72(3)32(2)76)20-47-43-23-46(61)54(78)75(51(43)71-58(68-47)67-38-26-59(27-38)24-33(25-59)30-80-4)41-15-10-34(21-41)48-44-29-64-57(66-37-13-18-42(81-5)19-14-37)70-52(44)74(55(79)49(48)62)40-8-6-7-9-40/h22-23,28-29,31,33-34,36-42H,6-21,24-27,30H2,1-5H3,(H,63,65,69)(H,64,66,70)(H,67,68,71)/t31?,33?,34?,36-,37?,38?,39-,41?,42?,59?. The second kappa shape index (κ2) is 22.9. The van der Waals surface area contributed by atoms with Crippen LogP contribution in [0.2, 0.25) is 15.1 Å². The van der Waals surface area contributed by atoms with E-state index < -0.39 is 11.6 Å². The number of ether oxygens (including phenoxy) is 2.